The lowest BCUT2D eigenvalue weighted by Gasteiger charge is -2.15. The Kier molecular flexibility index (Phi) is 7.81. The van der Waals surface area contributed by atoms with Crippen molar-refractivity contribution in [2.75, 3.05) is 19.0 Å². The van der Waals surface area contributed by atoms with Gasteiger partial charge in [-0.15, -0.1) is 0 Å². The number of rotatable bonds is 8. The fourth-order valence-electron chi connectivity index (χ4n) is 3.12. The van der Waals surface area contributed by atoms with Gasteiger partial charge >= 0.3 is 0 Å². The Balaban J connectivity index is 1.71. The Hall–Kier alpha value is -3.26. The van der Waals surface area contributed by atoms with Crippen LogP contribution in [0, 0.1) is 13.8 Å². The Labute approximate surface area is 198 Å². The Morgan fingerprint density at radius 1 is 1.12 bits per heavy atom. The molecule has 3 rings (SSSR count). The summed E-state index contributed by atoms with van der Waals surface area (Å²) in [6.45, 7) is 7.59. The largest absolute Gasteiger partial charge is 0.493 e. The van der Waals surface area contributed by atoms with Crippen LogP contribution in [0.25, 0.3) is 6.08 Å². The molecule has 1 fully saturated rings. The number of methoxy groups -OCH3 is 1. The van der Waals surface area contributed by atoms with E-state index in [1.807, 2.05) is 39.8 Å². The predicted octanol–water partition coefficient (Wildman–Crippen LogP) is 5.16. The highest BCUT2D eigenvalue weighted by atomic mass is 32.2. The minimum Gasteiger partial charge on any atom is -0.493 e. The number of imide groups is 1. The molecule has 1 unspecified atom stereocenters. The van der Waals surface area contributed by atoms with Crippen LogP contribution in [0.3, 0.4) is 0 Å². The molecule has 0 aromatic heterocycles. The highest BCUT2D eigenvalue weighted by Crippen LogP contribution is 2.35. The van der Waals surface area contributed by atoms with Gasteiger partial charge in [0.15, 0.2) is 11.5 Å². The molecule has 174 valence electrons. The Bertz CT molecular complexity index is 1110. The topological polar surface area (TPSA) is 84.9 Å². The molecule has 1 saturated heterocycles. The molecule has 0 bridgehead atoms. The van der Waals surface area contributed by atoms with Crippen molar-refractivity contribution in [1.82, 2.24) is 4.90 Å². The first kappa shape index (κ1) is 24.4. The van der Waals surface area contributed by atoms with E-state index in [0.29, 0.717) is 22.7 Å². The van der Waals surface area contributed by atoms with Gasteiger partial charge in [0.25, 0.3) is 11.1 Å². The number of nitrogens with zero attached hydrogens (tertiary/aromatic N) is 1. The third kappa shape index (κ3) is 5.96. The summed E-state index contributed by atoms with van der Waals surface area (Å²) >= 11 is 0.808. The third-order valence-corrected chi connectivity index (χ3v) is 6.26. The summed E-state index contributed by atoms with van der Waals surface area (Å²) in [5.74, 6) is 0.213. The molecular formula is C25H28N2O5S. The highest BCUT2D eigenvalue weighted by molar-refractivity contribution is 8.18. The average Bonchev–Trinajstić information content (AvgIpc) is 3.04. The average molecular weight is 469 g/mol. The van der Waals surface area contributed by atoms with Gasteiger partial charge in [0.05, 0.1) is 18.1 Å². The number of aryl methyl sites for hydroxylation is 2. The van der Waals surface area contributed by atoms with E-state index in [1.165, 1.54) is 0 Å². The number of carbonyl (C=O) groups excluding carboxylic acids is 3. The maximum atomic E-state index is 12.8. The van der Waals surface area contributed by atoms with Gasteiger partial charge < -0.3 is 14.8 Å². The van der Waals surface area contributed by atoms with Gasteiger partial charge in [-0.05, 0) is 86.0 Å². The number of hydrogen-bond donors (Lipinski definition) is 1. The summed E-state index contributed by atoms with van der Waals surface area (Å²) in [6.07, 6.45) is 2.51. The molecule has 0 aliphatic carbocycles. The number of anilines is 1. The zero-order chi connectivity index (χ0) is 24.1. The fraction of sp³-hybridized carbons (Fsp3) is 0.320. The highest BCUT2D eigenvalue weighted by Gasteiger charge is 2.36. The minimum atomic E-state index is -0.501. The summed E-state index contributed by atoms with van der Waals surface area (Å²) in [5.41, 5.74) is 3.46. The molecule has 1 aliphatic rings. The molecule has 2 aromatic rings. The van der Waals surface area contributed by atoms with E-state index in [9.17, 15) is 14.4 Å². The molecule has 1 heterocycles. The third-order valence-electron chi connectivity index (χ3n) is 5.35. The summed E-state index contributed by atoms with van der Waals surface area (Å²) in [6, 6.07) is 10.9. The van der Waals surface area contributed by atoms with Crippen LogP contribution in [-0.4, -0.2) is 41.7 Å². The SMILES string of the molecule is CCC(C)Oc1ccc(C=C2SC(=O)N(CC(=O)Nc3ccc(C)c(C)c3)C2=O)cc1OC. The molecule has 0 spiro atoms. The van der Waals surface area contributed by atoms with Gasteiger partial charge in [0.1, 0.15) is 6.54 Å². The van der Waals surface area contributed by atoms with Crippen molar-refractivity contribution in [3.63, 3.8) is 0 Å². The predicted molar refractivity (Wildman–Crippen MR) is 131 cm³/mol. The van der Waals surface area contributed by atoms with Crippen molar-refractivity contribution in [1.29, 1.82) is 0 Å². The molecule has 33 heavy (non-hydrogen) atoms. The van der Waals surface area contributed by atoms with E-state index >= 15 is 0 Å². The van der Waals surface area contributed by atoms with Crippen molar-refractivity contribution >= 4 is 40.6 Å². The zero-order valence-corrected chi connectivity index (χ0v) is 20.2. The lowest BCUT2D eigenvalue weighted by molar-refractivity contribution is -0.127. The van der Waals surface area contributed by atoms with Crippen molar-refractivity contribution in [2.24, 2.45) is 0 Å². The van der Waals surface area contributed by atoms with Crippen LogP contribution >= 0.6 is 11.8 Å². The van der Waals surface area contributed by atoms with Crippen LogP contribution < -0.4 is 14.8 Å². The van der Waals surface area contributed by atoms with Crippen LogP contribution in [0.15, 0.2) is 41.3 Å². The molecule has 2 aromatic carbocycles. The molecular weight excluding hydrogens is 440 g/mol. The summed E-state index contributed by atoms with van der Waals surface area (Å²) in [5, 5.41) is 2.26. The number of amides is 3. The Morgan fingerprint density at radius 3 is 2.55 bits per heavy atom. The van der Waals surface area contributed by atoms with Gasteiger partial charge in [-0.3, -0.25) is 19.3 Å². The van der Waals surface area contributed by atoms with Crippen LogP contribution in [0.4, 0.5) is 10.5 Å². The smallest absolute Gasteiger partial charge is 0.294 e. The standard InChI is InChI=1S/C25H28N2O5S/c1-6-17(4)32-20-10-8-18(12-21(20)31-5)13-22-24(29)27(25(30)33-22)14-23(28)26-19-9-7-15(2)16(3)11-19/h7-13,17H,6,14H2,1-5H3,(H,26,28). The molecule has 3 amide bonds. The second-order valence-electron chi connectivity index (χ2n) is 7.86. The van der Waals surface area contributed by atoms with E-state index in [-0.39, 0.29) is 17.6 Å². The second kappa shape index (κ2) is 10.6. The van der Waals surface area contributed by atoms with E-state index in [2.05, 4.69) is 5.32 Å². The first-order valence-corrected chi connectivity index (χ1v) is 11.5. The van der Waals surface area contributed by atoms with Gasteiger partial charge in [0.2, 0.25) is 5.91 Å². The molecule has 1 N–H and O–H groups in total. The van der Waals surface area contributed by atoms with Gasteiger partial charge in [0, 0.05) is 5.69 Å². The monoisotopic (exact) mass is 468 g/mol. The summed E-state index contributed by atoms with van der Waals surface area (Å²) in [7, 11) is 1.55. The maximum absolute atomic E-state index is 12.8. The number of hydrogen-bond acceptors (Lipinski definition) is 6. The van der Waals surface area contributed by atoms with Crippen molar-refractivity contribution < 1.29 is 23.9 Å². The minimum absolute atomic E-state index is 0.0382. The van der Waals surface area contributed by atoms with E-state index in [4.69, 9.17) is 9.47 Å². The number of carbonyl (C=O) groups is 3. The van der Waals surface area contributed by atoms with Crippen molar-refractivity contribution in [3.05, 3.63) is 58.0 Å². The van der Waals surface area contributed by atoms with Crippen LogP contribution in [-0.2, 0) is 9.59 Å². The fourth-order valence-corrected chi connectivity index (χ4v) is 3.96. The number of benzene rings is 2. The first-order valence-electron chi connectivity index (χ1n) is 10.7. The van der Waals surface area contributed by atoms with E-state index < -0.39 is 17.1 Å². The van der Waals surface area contributed by atoms with Gasteiger partial charge in [-0.1, -0.05) is 19.1 Å². The molecule has 7 nitrogen and oxygen atoms in total. The molecule has 8 heteroatoms. The van der Waals surface area contributed by atoms with Crippen LogP contribution in [0.1, 0.15) is 37.0 Å². The normalized spacial score (nSPS) is 15.7. The van der Waals surface area contributed by atoms with Gasteiger partial charge in [-0.2, -0.15) is 0 Å². The van der Waals surface area contributed by atoms with Gasteiger partial charge in [-0.25, -0.2) is 0 Å². The molecule has 1 aliphatic heterocycles. The Morgan fingerprint density at radius 2 is 1.88 bits per heavy atom. The van der Waals surface area contributed by atoms with E-state index in [1.54, 1.807) is 37.5 Å². The second-order valence-corrected chi connectivity index (χ2v) is 8.86. The summed E-state index contributed by atoms with van der Waals surface area (Å²) in [4.78, 5) is 38.8. The lowest BCUT2D eigenvalue weighted by atomic mass is 10.1. The van der Waals surface area contributed by atoms with Crippen molar-refractivity contribution in [2.45, 2.75) is 40.2 Å². The summed E-state index contributed by atoms with van der Waals surface area (Å²) < 4.78 is 11.3. The van der Waals surface area contributed by atoms with E-state index in [0.717, 1.165) is 34.2 Å². The molecule has 0 saturated carbocycles. The van der Waals surface area contributed by atoms with Crippen molar-refractivity contribution in [3.8, 4) is 11.5 Å². The maximum Gasteiger partial charge on any atom is 0.294 e. The zero-order valence-electron chi connectivity index (χ0n) is 19.4. The number of nitrogens with one attached hydrogen (secondary N) is 1. The number of ether oxygens (including phenoxy) is 2. The molecule has 0 radical (unpaired) electrons. The van der Waals surface area contributed by atoms with Crippen LogP contribution in [0.5, 0.6) is 11.5 Å². The first-order chi connectivity index (χ1) is 15.7. The molecule has 1 atom stereocenters. The lowest BCUT2D eigenvalue weighted by Crippen LogP contribution is -2.36. The van der Waals surface area contributed by atoms with Crippen LogP contribution in [0.2, 0.25) is 0 Å². The quantitative estimate of drug-likeness (QED) is 0.539. The number of thioether (sulfide) groups is 1.